The average molecular weight is 464 g/mol. The van der Waals surface area contributed by atoms with E-state index in [0.29, 0.717) is 19.6 Å². The number of carbonyl (C=O) groups is 2. The molecular weight excluding hydrogens is 430 g/mol. The number of urea groups is 1. The lowest BCUT2D eigenvalue weighted by Gasteiger charge is -2.29. The van der Waals surface area contributed by atoms with Gasteiger partial charge >= 0.3 is 6.03 Å². The molecule has 0 radical (unpaired) electrons. The van der Waals surface area contributed by atoms with Crippen molar-refractivity contribution in [1.29, 1.82) is 0 Å². The van der Waals surface area contributed by atoms with E-state index in [4.69, 9.17) is 0 Å². The van der Waals surface area contributed by atoms with E-state index in [1.54, 1.807) is 16.2 Å². The molecule has 0 fully saturated rings. The highest BCUT2D eigenvalue weighted by Crippen LogP contribution is 2.17. The van der Waals surface area contributed by atoms with Crippen LogP contribution < -0.4 is 5.32 Å². The van der Waals surface area contributed by atoms with E-state index in [-0.39, 0.29) is 24.4 Å². The maximum absolute atomic E-state index is 13.4. The highest BCUT2D eigenvalue weighted by atomic mass is 32.1. The van der Waals surface area contributed by atoms with Gasteiger partial charge in [-0.1, -0.05) is 56.3 Å². The molecule has 2 aromatic carbocycles. The Morgan fingerprint density at radius 2 is 1.67 bits per heavy atom. The normalized spacial score (nSPS) is 10.8. The summed E-state index contributed by atoms with van der Waals surface area (Å²) in [5.41, 5.74) is 4.10. The Balaban J connectivity index is 1.75. The first-order chi connectivity index (χ1) is 15.8. The third kappa shape index (κ3) is 7.46. The van der Waals surface area contributed by atoms with Gasteiger partial charge in [0.25, 0.3) is 0 Å². The summed E-state index contributed by atoms with van der Waals surface area (Å²) in [4.78, 5) is 31.1. The van der Waals surface area contributed by atoms with Crippen molar-refractivity contribution in [2.45, 2.75) is 40.8 Å². The fourth-order valence-corrected chi connectivity index (χ4v) is 4.29. The number of thiophene rings is 1. The van der Waals surface area contributed by atoms with E-state index in [1.165, 1.54) is 5.56 Å². The van der Waals surface area contributed by atoms with Gasteiger partial charge in [0.15, 0.2) is 0 Å². The molecule has 6 heteroatoms. The predicted octanol–water partition coefficient (Wildman–Crippen LogP) is 6.08. The Bertz CT molecular complexity index is 1050. The number of hydrogen-bond acceptors (Lipinski definition) is 3. The van der Waals surface area contributed by atoms with Crippen LogP contribution in [0.4, 0.5) is 10.5 Å². The number of anilines is 1. The molecule has 0 spiro atoms. The summed E-state index contributed by atoms with van der Waals surface area (Å²) >= 11 is 1.63. The standard InChI is InChI=1S/C27H33N3O2S/c1-20(2)16-30(27(32)28-24-13-12-21(3)22(4)15-24)19-26(31)29(18-25-11-8-14-33-25)17-23-9-6-5-7-10-23/h5-15,20H,16-19H2,1-4H3,(H,28,32). The Kier molecular flexibility index (Phi) is 8.66. The number of benzene rings is 2. The van der Waals surface area contributed by atoms with E-state index in [1.807, 2.05) is 98.6 Å². The monoisotopic (exact) mass is 463 g/mol. The molecule has 3 amide bonds. The van der Waals surface area contributed by atoms with Crippen molar-refractivity contribution in [3.63, 3.8) is 0 Å². The summed E-state index contributed by atoms with van der Waals surface area (Å²) in [5, 5.41) is 4.99. The molecular formula is C27H33N3O2S. The van der Waals surface area contributed by atoms with Crippen molar-refractivity contribution in [2.24, 2.45) is 5.92 Å². The maximum atomic E-state index is 13.4. The van der Waals surface area contributed by atoms with Gasteiger partial charge in [0.1, 0.15) is 6.54 Å². The van der Waals surface area contributed by atoms with Crippen molar-refractivity contribution >= 4 is 29.0 Å². The van der Waals surface area contributed by atoms with E-state index < -0.39 is 0 Å². The zero-order valence-corrected chi connectivity index (χ0v) is 20.7. The molecule has 0 aliphatic heterocycles. The SMILES string of the molecule is Cc1ccc(NC(=O)N(CC(=O)N(Cc2ccccc2)Cc2cccs2)CC(C)C)cc1C. The predicted molar refractivity (Wildman–Crippen MR) is 136 cm³/mol. The van der Waals surface area contributed by atoms with Crippen molar-refractivity contribution in [3.8, 4) is 0 Å². The minimum Gasteiger partial charge on any atom is -0.332 e. The van der Waals surface area contributed by atoms with Gasteiger partial charge in [-0.25, -0.2) is 4.79 Å². The zero-order valence-electron chi connectivity index (χ0n) is 19.9. The van der Waals surface area contributed by atoms with Gasteiger partial charge in [0.05, 0.1) is 6.54 Å². The van der Waals surface area contributed by atoms with Crippen molar-refractivity contribution in [1.82, 2.24) is 9.80 Å². The van der Waals surface area contributed by atoms with Crippen LogP contribution in [0.3, 0.4) is 0 Å². The van der Waals surface area contributed by atoms with Gasteiger partial charge in [-0.15, -0.1) is 11.3 Å². The summed E-state index contributed by atoms with van der Waals surface area (Å²) < 4.78 is 0. The van der Waals surface area contributed by atoms with Crippen LogP contribution in [0, 0.1) is 19.8 Å². The number of hydrogen-bond donors (Lipinski definition) is 1. The zero-order chi connectivity index (χ0) is 23.8. The van der Waals surface area contributed by atoms with Crippen LogP contribution >= 0.6 is 11.3 Å². The number of aryl methyl sites for hydroxylation is 2. The van der Waals surface area contributed by atoms with E-state index in [2.05, 4.69) is 5.32 Å². The Labute approximate surface area is 201 Å². The molecule has 3 aromatic rings. The second-order valence-electron chi connectivity index (χ2n) is 8.82. The van der Waals surface area contributed by atoms with Crippen LogP contribution in [0.25, 0.3) is 0 Å². The number of amides is 3. The van der Waals surface area contributed by atoms with E-state index in [9.17, 15) is 9.59 Å². The molecule has 1 heterocycles. The molecule has 0 atom stereocenters. The molecule has 0 bridgehead atoms. The lowest BCUT2D eigenvalue weighted by atomic mass is 10.1. The lowest BCUT2D eigenvalue weighted by Crippen LogP contribution is -2.45. The number of rotatable bonds is 9. The van der Waals surface area contributed by atoms with Crippen molar-refractivity contribution in [2.75, 3.05) is 18.4 Å². The molecule has 3 rings (SSSR count). The Morgan fingerprint density at radius 1 is 0.909 bits per heavy atom. The van der Waals surface area contributed by atoms with Gasteiger partial charge in [0.2, 0.25) is 5.91 Å². The first-order valence-corrected chi connectivity index (χ1v) is 12.2. The van der Waals surface area contributed by atoms with Gasteiger partial charge in [-0.3, -0.25) is 4.79 Å². The molecule has 5 nitrogen and oxygen atoms in total. The Hall–Kier alpha value is -3.12. The maximum Gasteiger partial charge on any atom is 0.322 e. The van der Waals surface area contributed by atoms with Crippen molar-refractivity contribution < 1.29 is 9.59 Å². The van der Waals surface area contributed by atoms with Crippen LogP contribution in [-0.2, 0) is 17.9 Å². The van der Waals surface area contributed by atoms with Gasteiger partial charge in [0, 0.05) is 23.7 Å². The highest BCUT2D eigenvalue weighted by molar-refractivity contribution is 7.09. The first-order valence-electron chi connectivity index (χ1n) is 11.3. The van der Waals surface area contributed by atoms with Gasteiger partial charge < -0.3 is 15.1 Å². The summed E-state index contributed by atoms with van der Waals surface area (Å²) in [6.07, 6.45) is 0. The van der Waals surface area contributed by atoms with Gasteiger partial charge in [-0.05, 0) is 60.0 Å². The second kappa shape index (κ2) is 11.7. The topological polar surface area (TPSA) is 52.7 Å². The molecule has 0 aliphatic carbocycles. The van der Waals surface area contributed by atoms with Crippen LogP contribution in [0.1, 0.15) is 35.4 Å². The average Bonchev–Trinajstić information content (AvgIpc) is 3.29. The van der Waals surface area contributed by atoms with Crippen LogP contribution in [0.2, 0.25) is 0 Å². The molecule has 33 heavy (non-hydrogen) atoms. The van der Waals surface area contributed by atoms with E-state index in [0.717, 1.165) is 21.7 Å². The first kappa shape index (κ1) is 24.5. The summed E-state index contributed by atoms with van der Waals surface area (Å²) in [6.45, 7) is 9.73. The molecule has 0 saturated carbocycles. The molecule has 0 saturated heterocycles. The van der Waals surface area contributed by atoms with E-state index >= 15 is 0 Å². The summed E-state index contributed by atoms with van der Waals surface area (Å²) in [7, 11) is 0. The lowest BCUT2D eigenvalue weighted by molar-refractivity contribution is -0.133. The fraction of sp³-hybridized carbons (Fsp3) is 0.333. The van der Waals surface area contributed by atoms with Crippen LogP contribution in [-0.4, -0.2) is 34.8 Å². The third-order valence-electron chi connectivity index (χ3n) is 5.45. The third-order valence-corrected chi connectivity index (χ3v) is 6.31. The minimum absolute atomic E-state index is 0.0348. The largest absolute Gasteiger partial charge is 0.332 e. The second-order valence-corrected chi connectivity index (χ2v) is 9.85. The molecule has 1 N–H and O–H groups in total. The number of nitrogens with one attached hydrogen (secondary N) is 1. The number of carbonyl (C=O) groups excluding carboxylic acids is 2. The van der Waals surface area contributed by atoms with Crippen LogP contribution in [0.15, 0.2) is 66.0 Å². The van der Waals surface area contributed by atoms with Gasteiger partial charge in [-0.2, -0.15) is 0 Å². The Morgan fingerprint density at radius 3 is 2.30 bits per heavy atom. The quantitative estimate of drug-likeness (QED) is 0.418. The molecule has 1 aromatic heterocycles. The van der Waals surface area contributed by atoms with Crippen LogP contribution in [0.5, 0.6) is 0 Å². The van der Waals surface area contributed by atoms with Crippen molar-refractivity contribution in [3.05, 3.63) is 87.6 Å². The highest BCUT2D eigenvalue weighted by Gasteiger charge is 2.23. The molecule has 0 aliphatic rings. The smallest absolute Gasteiger partial charge is 0.322 e. The summed E-state index contributed by atoms with van der Waals surface area (Å²) in [5.74, 6) is 0.173. The minimum atomic E-state index is -0.254. The number of nitrogens with zero attached hydrogens (tertiary/aromatic N) is 2. The summed E-state index contributed by atoms with van der Waals surface area (Å²) in [6, 6.07) is 19.6. The molecule has 174 valence electrons. The fourth-order valence-electron chi connectivity index (χ4n) is 3.57. The molecule has 0 unspecified atom stereocenters.